The predicted molar refractivity (Wildman–Crippen MR) is 527 cm³/mol. The largest absolute Gasteiger partial charge is 0.468 e. The zero-order valence-electron chi connectivity index (χ0n) is 64.9. The normalized spacial score (nSPS) is 12.7. The molecule has 27 heteroatoms. The van der Waals surface area contributed by atoms with Crippen molar-refractivity contribution in [2.45, 2.75) is 115 Å². The number of hydrogen-bond acceptors (Lipinski definition) is 13. The van der Waals surface area contributed by atoms with Gasteiger partial charge < -0.3 is 38.3 Å². The molecule has 0 radical (unpaired) electrons. The first kappa shape index (κ1) is 100. The van der Waals surface area contributed by atoms with Crippen molar-refractivity contribution < 1.29 is 52.6 Å². The van der Waals surface area contributed by atoms with Crippen LogP contribution in [0.3, 0.4) is 0 Å². The first-order valence-corrected chi connectivity index (χ1v) is 48.0. The summed E-state index contributed by atoms with van der Waals surface area (Å²) in [5.41, 5.74) is 26.7. The van der Waals surface area contributed by atoms with Gasteiger partial charge in [0.05, 0.1) is 98.3 Å². The van der Waals surface area contributed by atoms with Gasteiger partial charge in [0.2, 0.25) is 0 Å². The lowest BCUT2D eigenvalue weighted by Crippen LogP contribution is -2.25. The molecule has 0 amide bonds. The van der Waals surface area contributed by atoms with Gasteiger partial charge in [0.1, 0.15) is 12.8 Å². The average Bonchev–Trinajstić information content (AvgIpc) is 1.74. The van der Waals surface area contributed by atoms with E-state index in [0.29, 0.717) is 46.1 Å². The highest BCUT2D eigenvalue weighted by Crippen LogP contribution is 2.38. The lowest BCUT2D eigenvalue weighted by Gasteiger charge is -2.16. The second kappa shape index (κ2) is 52.0. The number of nitrogens with zero attached hydrogens (tertiary/aromatic N) is 2. The van der Waals surface area contributed by atoms with Crippen LogP contribution in [0.2, 0.25) is 0 Å². The lowest BCUT2D eigenvalue weighted by molar-refractivity contribution is -0.142. The fourth-order valence-corrected chi connectivity index (χ4v) is 19.9. The number of ether oxygens (including phenoxy) is 7. The number of alkyl halides is 3. The number of halogens is 13. The molecule has 0 fully saturated rings. The molecule has 624 valence electrons. The van der Waals surface area contributed by atoms with E-state index in [-0.39, 0.29) is 38.6 Å². The molecule has 1 N–H and O–H groups in total. The predicted octanol–water partition coefficient (Wildman–Crippen LogP) is 27.6. The van der Waals surface area contributed by atoms with E-state index in [0.717, 1.165) is 158 Å². The number of aliphatic hydroxyl groups excluding tert-OH is 1. The maximum Gasteiger partial charge on any atom is 0.330 e. The molecule has 11 aromatic carbocycles. The van der Waals surface area contributed by atoms with Gasteiger partial charge in [-0.25, -0.2) is 4.79 Å². The van der Waals surface area contributed by atoms with Crippen LogP contribution in [0.25, 0.3) is 0 Å². The molecule has 5 aliphatic rings. The molecule has 0 unspecified atom stereocenters. The Balaban J connectivity index is 0.000000175. The number of carbonyl (C=O) groups is 3. The number of benzene rings is 11. The van der Waals surface area contributed by atoms with Crippen LogP contribution >= 0.6 is 221 Å². The van der Waals surface area contributed by atoms with Gasteiger partial charge >= 0.3 is 11.9 Å². The molecule has 0 aromatic heterocycles. The number of hydrogen-bond donors (Lipinski definition) is 1. The van der Waals surface area contributed by atoms with Crippen LogP contribution in [0.4, 0.5) is 0 Å². The van der Waals surface area contributed by atoms with E-state index in [9.17, 15) is 14.4 Å². The smallest absolute Gasteiger partial charge is 0.330 e. The van der Waals surface area contributed by atoms with Crippen molar-refractivity contribution in [1.82, 2.24) is 0 Å². The Morgan fingerprint density at radius 3 is 1.04 bits per heavy atom. The molecule has 5 aliphatic heterocycles. The standard InChI is InChI=1S/C25H22BrNO3.C16H15NO2.C9H8Br2O.C9H9BrO2.C9H7BrO2.C8H6Br4.C8H6Br2O.C8H8Br2.H2S/c1-29-25(28)23(14-19-12-13-22(26)21-16-30-15-20(19)21)27-24(17-8-4-2-5-9-17)18-10-6-3-7-11-18;1-19-15(18)12-17-16(13-8-4-2-5-9-13)14-10-6-3-7-11-14;10-3-6-1-2-9(11)8-5-12-4-7(6)8;2*10-9-2-1-6(3-11)7-4-12-5-8(7)9;9-3-5-6(4-10)8(12)2-1-7(5)11;9-7-1-2-8(10)6-4-11-3-5(6)7;1-5-6(2)8(10)4-3-7(5)9;/h2-13,23H,14-16H2,1H3;2-11H,12H2,1H3;1-2H,3-5H2;1-2,11H,3-5H2;1-3H,4-5H2;1-2H,3-4H2;1-2H,3-4H2;3-4H,1-2H3;1H2/t23-;;;;;;;;/m0......../s1. The molecule has 119 heavy (non-hydrogen) atoms. The van der Waals surface area contributed by atoms with E-state index in [1.165, 1.54) is 83.3 Å². The molecule has 13 nitrogen and oxygen atoms in total. The first-order chi connectivity index (χ1) is 57.1. The molecule has 0 bridgehead atoms. The second-order valence-electron chi connectivity index (χ2n) is 26.4. The van der Waals surface area contributed by atoms with Crippen LogP contribution < -0.4 is 0 Å². The molecule has 11 aromatic rings. The van der Waals surface area contributed by atoms with Crippen LogP contribution in [-0.2, 0) is 138 Å². The molecule has 16 rings (SSSR count). The third-order valence-corrected chi connectivity index (χ3v) is 28.6. The van der Waals surface area contributed by atoms with Gasteiger partial charge in [-0.3, -0.25) is 19.6 Å². The zero-order valence-corrected chi connectivity index (χ0v) is 86.6. The number of carbonyl (C=O) groups excluding carboxylic acids is 3. The number of aliphatic imine (C=N–C) groups is 2. The number of fused-ring (bicyclic) bond motifs is 5. The van der Waals surface area contributed by atoms with E-state index >= 15 is 0 Å². The first-order valence-electron chi connectivity index (χ1n) is 36.7. The van der Waals surface area contributed by atoms with Gasteiger partial charge in [-0.2, -0.15) is 13.5 Å². The summed E-state index contributed by atoms with van der Waals surface area (Å²) in [6.07, 6.45) is 1.33. The Morgan fingerprint density at radius 1 is 0.378 bits per heavy atom. The number of aldehydes is 1. The van der Waals surface area contributed by atoms with Crippen molar-refractivity contribution in [2.75, 3.05) is 20.8 Å². The van der Waals surface area contributed by atoms with Crippen molar-refractivity contribution in [3.8, 4) is 0 Å². The van der Waals surface area contributed by atoms with Crippen LogP contribution in [-0.4, -0.2) is 61.6 Å². The summed E-state index contributed by atoms with van der Waals surface area (Å²) in [6, 6.07) is 66.9. The van der Waals surface area contributed by atoms with Gasteiger partial charge in [0.25, 0.3) is 0 Å². The van der Waals surface area contributed by atoms with Gasteiger partial charge in [-0.1, -0.05) is 353 Å². The maximum absolute atomic E-state index is 12.7. The van der Waals surface area contributed by atoms with Crippen LogP contribution in [0, 0.1) is 13.8 Å². The molecule has 0 aliphatic carbocycles. The van der Waals surface area contributed by atoms with Gasteiger partial charge in [-0.05, 0) is 169 Å². The Bertz CT molecular complexity index is 5080. The minimum atomic E-state index is -0.656. The van der Waals surface area contributed by atoms with Gasteiger partial charge in [0.15, 0.2) is 6.04 Å². The second-order valence-corrected chi connectivity index (χ2v) is 36.6. The van der Waals surface area contributed by atoms with Crippen molar-refractivity contribution in [1.29, 1.82) is 0 Å². The van der Waals surface area contributed by atoms with E-state index in [1.54, 1.807) is 0 Å². The Kier molecular flexibility index (Phi) is 43.7. The third-order valence-electron chi connectivity index (χ3n) is 19.2. The highest BCUT2D eigenvalue weighted by atomic mass is 79.9. The number of aliphatic hydroxyl groups is 1. The van der Waals surface area contributed by atoms with Crippen LogP contribution in [0.15, 0.2) is 261 Å². The summed E-state index contributed by atoms with van der Waals surface area (Å²) in [5.74, 6) is -0.695. The molecule has 0 spiro atoms. The highest BCUT2D eigenvalue weighted by molar-refractivity contribution is 9.12. The van der Waals surface area contributed by atoms with E-state index in [4.69, 9.17) is 38.5 Å². The minimum absolute atomic E-state index is 0. The average molecular weight is 2460 g/mol. The fourth-order valence-electron chi connectivity index (χ4n) is 12.6. The van der Waals surface area contributed by atoms with Crippen molar-refractivity contribution >= 4 is 250 Å². The molecule has 5 heterocycles. The van der Waals surface area contributed by atoms with E-state index < -0.39 is 6.04 Å². The summed E-state index contributed by atoms with van der Waals surface area (Å²) < 4.78 is 47.9. The minimum Gasteiger partial charge on any atom is -0.468 e. The topological polar surface area (TPSA) is 161 Å². The number of esters is 2. The lowest BCUT2D eigenvalue weighted by atomic mass is 9.96. The summed E-state index contributed by atoms with van der Waals surface area (Å²) in [7, 11) is 2.77. The highest BCUT2D eigenvalue weighted by Gasteiger charge is 2.27. The fraction of sp³-hybridized carbons (Fsp3) is 0.228. The van der Waals surface area contributed by atoms with E-state index in [2.05, 4.69) is 243 Å². The molecular formula is C92H83Br13N2O11S. The quantitative estimate of drug-likeness (QED) is 0.0450. The molecular weight excluding hydrogens is 2380 g/mol. The Labute approximate surface area is 812 Å². The van der Waals surface area contributed by atoms with Crippen molar-refractivity contribution in [3.63, 3.8) is 0 Å². The van der Waals surface area contributed by atoms with Crippen LogP contribution in [0.1, 0.15) is 127 Å². The van der Waals surface area contributed by atoms with Gasteiger partial charge in [-0.15, -0.1) is 0 Å². The van der Waals surface area contributed by atoms with Crippen LogP contribution in [0.5, 0.6) is 0 Å². The molecule has 0 saturated heterocycles. The summed E-state index contributed by atoms with van der Waals surface area (Å²) in [6.45, 7) is 10.9. The Morgan fingerprint density at radius 2 is 0.681 bits per heavy atom. The van der Waals surface area contributed by atoms with Gasteiger partial charge in [0, 0.05) is 95.0 Å². The third kappa shape index (κ3) is 28.4. The summed E-state index contributed by atoms with van der Waals surface area (Å²) in [4.78, 5) is 43.9. The Hall–Kier alpha value is -4.28. The van der Waals surface area contributed by atoms with E-state index in [1.807, 2.05) is 194 Å². The summed E-state index contributed by atoms with van der Waals surface area (Å²) in [5, 5.41) is 11.7. The monoisotopic (exact) mass is 2450 g/mol. The maximum atomic E-state index is 12.7. The molecule has 0 saturated carbocycles. The van der Waals surface area contributed by atoms with Crippen molar-refractivity contribution in [3.05, 3.63) is 373 Å². The number of rotatable bonds is 15. The zero-order chi connectivity index (χ0) is 84.8. The SMILES string of the molecule is BrCc1c(Br)ccc(Br)c1CBr.BrCc1ccc(Br)c2c1COC2.Brc1ccc(Br)c2c1COC2.COC(=O)CN=C(c1ccccc1)c1ccccc1.COC(=O)[C@H](Cc1ccc(Br)c2c1COC2)N=C(c1ccccc1)c1ccccc1.Cc1c(Br)ccc(Br)c1C.O=Cc1ccc(Br)c2c1COC2.OCc1ccc(Br)c2c1COC2.S. The van der Waals surface area contributed by atoms with Crippen molar-refractivity contribution in [2.24, 2.45) is 9.98 Å². The molecule has 1 atom stereocenters. The number of methoxy groups -OCH3 is 2. The summed E-state index contributed by atoms with van der Waals surface area (Å²) >= 11 is 45.3.